The molecule has 0 aliphatic carbocycles. The van der Waals surface area contributed by atoms with Crippen molar-refractivity contribution in [3.63, 3.8) is 0 Å². The number of hydrogen-bond acceptors (Lipinski definition) is 8. The van der Waals surface area contributed by atoms with Crippen LogP contribution in [0.1, 0.15) is 36.6 Å². The third kappa shape index (κ3) is 6.47. The summed E-state index contributed by atoms with van der Waals surface area (Å²) in [5.41, 5.74) is 4.07. The van der Waals surface area contributed by atoms with Crippen molar-refractivity contribution in [1.29, 1.82) is 0 Å². The largest absolute Gasteiger partial charge is 0.493 e. The van der Waals surface area contributed by atoms with E-state index in [9.17, 15) is 9.59 Å². The Bertz CT molecular complexity index is 1910. The normalized spacial score (nSPS) is 14.6. The van der Waals surface area contributed by atoms with Gasteiger partial charge in [-0.2, -0.15) is 0 Å². The molecular formula is C33H31BrClN3O5S. The molecular weight excluding hydrogens is 666 g/mol. The highest BCUT2D eigenvalue weighted by molar-refractivity contribution is 9.10. The quantitative estimate of drug-likeness (QED) is 0.204. The summed E-state index contributed by atoms with van der Waals surface area (Å²) < 4.78 is 19.8. The molecule has 1 aliphatic heterocycles. The fraction of sp³-hybridized carbons (Fsp3) is 0.242. The van der Waals surface area contributed by atoms with E-state index in [0.717, 1.165) is 22.4 Å². The molecule has 1 unspecified atom stereocenters. The molecule has 0 bridgehead atoms. The third-order valence-electron chi connectivity index (χ3n) is 7.09. The van der Waals surface area contributed by atoms with Gasteiger partial charge in [-0.05, 0) is 88.9 Å². The van der Waals surface area contributed by atoms with Gasteiger partial charge in [0.05, 0.1) is 40.0 Å². The Morgan fingerprint density at radius 1 is 1.14 bits per heavy atom. The summed E-state index contributed by atoms with van der Waals surface area (Å²) in [4.78, 5) is 34.4. The Kier molecular flexibility index (Phi) is 9.62. The Morgan fingerprint density at radius 3 is 2.48 bits per heavy atom. The number of methoxy groups -OCH3 is 1. The van der Waals surface area contributed by atoms with Crippen molar-refractivity contribution in [2.45, 2.75) is 26.5 Å². The number of rotatable bonds is 9. The number of aromatic nitrogens is 1. The fourth-order valence-corrected chi connectivity index (χ4v) is 6.66. The molecule has 1 atom stereocenters. The standard InChI is InChI=1S/C33H31BrClN3O5S/c1-6-42-32(40)28-19(2)36-33-38(29(28)22-9-13-24(14-10-22)37(3)4)31(39)27(44-33)17-21-15-25(34)30(26(16-21)41-5)43-18-20-7-11-23(35)12-8-20/h7-17,29H,6,18H2,1-5H3. The minimum Gasteiger partial charge on any atom is -0.493 e. The molecule has 0 fully saturated rings. The van der Waals surface area contributed by atoms with Crippen LogP contribution < -0.4 is 29.3 Å². The van der Waals surface area contributed by atoms with Crippen LogP contribution in [0.2, 0.25) is 5.02 Å². The van der Waals surface area contributed by atoms with Crippen LogP contribution >= 0.6 is 38.9 Å². The van der Waals surface area contributed by atoms with Gasteiger partial charge in [0.15, 0.2) is 16.3 Å². The summed E-state index contributed by atoms with van der Waals surface area (Å²) in [6.45, 7) is 4.06. The maximum atomic E-state index is 14.0. The maximum absolute atomic E-state index is 14.0. The lowest BCUT2D eigenvalue weighted by molar-refractivity contribution is -0.139. The van der Waals surface area contributed by atoms with E-state index in [-0.39, 0.29) is 12.2 Å². The summed E-state index contributed by atoms with van der Waals surface area (Å²) in [5, 5.41) is 0.656. The van der Waals surface area contributed by atoms with Crippen molar-refractivity contribution >= 4 is 56.6 Å². The van der Waals surface area contributed by atoms with E-state index >= 15 is 0 Å². The van der Waals surface area contributed by atoms with Crippen LogP contribution in [0.5, 0.6) is 11.5 Å². The fourth-order valence-electron chi connectivity index (χ4n) is 4.91. The second-order valence-electron chi connectivity index (χ2n) is 10.2. The average Bonchev–Trinajstić information content (AvgIpc) is 3.30. The van der Waals surface area contributed by atoms with E-state index in [0.29, 0.717) is 48.2 Å². The Balaban J connectivity index is 1.57. The van der Waals surface area contributed by atoms with Crippen molar-refractivity contribution in [2.75, 3.05) is 32.7 Å². The number of thiazole rings is 1. The molecule has 0 N–H and O–H groups in total. The Hall–Kier alpha value is -3.86. The number of carbonyl (C=O) groups is 1. The second-order valence-corrected chi connectivity index (χ2v) is 12.5. The van der Waals surface area contributed by atoms with Gasteiger partial charge in [0, 0.05) is 24.8 Å². The first-order chi connectivity index (χ1) is 21.1. The first-order valence-corrected chi connectivity index (χ1v) is 15.8. The summed E-state index contributed by atoms with van der Waals surface area (Å²) in [7, 11) is 5.48. The van der Waals surface area contributed by atoms with Crippen LogP contribution in [0.4, 0.5) is 5.69 Å². The van der Waals surface area contributed by atoms with Crippen LogP contribution in [0.25, 0.3) is 6.08 Å². The molecule has 44 heavy (non-hydrogen) atoms. The van der Waals surface area contributed by atoms with Crippen molar-refractivity contribution in [3.8, 4) is 11.5 Å². The van der Waals surface area contributed by atoms with Crippen molar-refractivity contribution in [1.82, 2.24) is 4.57 Å². The van der Waals surface area contributed by atoms with Gasteiger partial charge < -0.3 is 19.1 Å². The highest BCUT2D eigenvalue weighted by atomic mass is 79.9. The molecule has 0 saturated carbocycles. The number of anilines is 1. The van der Waals surface area contributed by atoms with E-state index in [4.69, 9.17) is 25.8 Å². The number of carbonyl (C=O) groups excluding carboxylic acids is 1. The molecule has 228 valence electrons. The van der Waals surface area contributed by atoms with Gasteiger partial charge in [-0.1, -0.05) is 47.2 Å². The zero-order valence-corrected chi connectivity index (χ0v) is 28.0. The van der Waals surface area contributed by atoms with Crippen LogP contribution in [0.3, 0.4) is 0 Å². The van der Waals surface area contributed by atoms with Crippen molar-refractivity contribution in [2.24, 2.45) is 4.99 Å². The van der Waals surface area contributed by atoms with E-state index in [1.165, 1.54) is 11.3 Å². The number of halogens is 2. The molecule has 11 heteroatoms. The van der Waals surface area contributed by atoms with Crippen molar-refractivity contribution in [3.05, 3.63) is 118 Å². The van der Waals surface area contributed by atoms with Gasteiger partial charge in [-0.25, -0.2) is 9.79 Å². The lowest BCUT2D eigenvalue weighted by atomic mass is 9.95. The number of allylic oxidation sites excluding steroid dienone is 1. The summed E-state index contributed by atoms with van der Waals surface area (Å²) >= 11 is 10.9. The van der Waals surface area contributed by atoms with E-state index in [2.05, 4.69) is 20.9 Å². The first-order valence-electron chi connectivity index (χ1n) is 13.8. The minimum atomic E-state index is -0.687. The molecule has 8 nitrogen and oxygen atoms in total. The lowest BCUT2D eigenvalue weighted by Crippen LogP contribution is -2.39. The number of benzene rings is 3. The second kappa shape index (κ2) is 13.4. The lowest BCUT2D eigenvalue weighted by Gasteiger charge is -2.25. The highest BCUT2D eigenvalue weighted by Gasteiger charge is 2.33. The van der Waals surface area contributed by atoms with Gasteiger partial charge in [0.2, 0.25) is 0 Å². The molecule has 0 amide bonds. The first kappa shape index (κ1) is 31.6. The maximum Gasteiger partial charge on any atom is 0.338 e. The van der Waals surface area contributed by atoms with Crippen LogP contribution in [0, 0.1) is 0 Å². The monoisotopic (exact) mass is 695 g/mol. The van der Waals surface area contributed by atoms with Crippen LogP contribution in [0.15, 0.2) is 86.2 Å². The highest BCUT2D eigenvalue weighted by Crippen LogP contribution is 2.37. The third-order valence-corrected chi connectivity index (χ3v) is 8.91. The molecule has 3 aromatic carbocycles. The molecule has 0 radical (unpaired) electrons. The zero-order chi connectivity index (χ0) is 31.5. The van der Waals surface area contributed by atoms with E-state index in [1.807, 2.05) is 79.7 Å². The molecule has 4 aromatic rings. The predicted molar refractivity (Wildman–Crippen MR) is 178 cm³/mol. The Labute approximate surface area is 272 Å². The topological polar surface area (TPSA) is 82.4 Å². The molecule has 1 aromatic heterocycles. The van der Waals surface area contributed by atoms with Gasteiger partial charge in [-0.15, -0.1) is 0 Å². The SMILES string of the molecule is CCOC(=O)C1=C(C)N=c2sc(=Cc3cc(Br)c(OCc4ccc(Cl)cc4)c(OC)c3)c(=O)n2C1c1ccc(N(C)C)cc1. The number of fused-ring (bicyclic) bond motifs is 1. The number of hydrogen-bond donors (Lipinski definition) is 0. The molecule has 1 aliphatic rings. The summed E-state index contributed by atoms with van der Waals surface area (Å²) in [6, 6.07) is 18.2. The van der Waals surface area contributed by atoms with Gasteiger partial charge >= 0.3 is 5.97 Å². The molecule has 0 spiro atoms. The predicted octanol–water partition coefficient (Wildman–Crippen LogP) is 5.87. The molecule has 0 saturated heterocycles. The minimum absolute atomic E-state index is 0.211. The summed E-state index contributed by atoms with van der Waals surface area (Å²) in [5.74, 6) is 0.552. The molecule has 2 heterocycles. The van der Waals surface area contributed by atoms with Crippen LogP contribution in [-0.2, 0) is 16.1 Å². The van der Waals surface area contributed by atoms with E-state index < -0.39 is 12.0 Å². The smallest absolute Gasteiger partial charge is 0.338 e. The van der Waals surface area contributed by atoms with Gasteiger partial charge in [0.25, 0.3) is 5.56 Å². The van der Waals surface area contributed by atoms with Crippen LogP contribution in [-0.4, -0.2) is 38.3 Å². The average molecular weight is 697 g/mol. The number of nitrogens with zero attached hydrogens (tertiary/aromatic N) is 3. The zero-order valence-electron chi connectivity index (χ0n) is 24.9. The number of esters is 1. The molecule has 5 rings (SSSR count). The number of ether oxygens (including phenoxy) is 3. The summed E-state index contributed by atoms with van der Waals surface area (Å²) in [6.07, 6.45) is 1.79. The Morgan fingerprint density at radius 2 is 1.84 bits per heavy atom. The van der Waals surface area contributed by atoms with Gasteiger partial charge in [-0.3, -0.25) is 9.36 Å². The van der Waals surface area contributed by atoms with Gasteiger partial charge in [0.1, 0.15) is 6.61 Å². The van der Waals surface area contributed by atoms with Crippen molar-refractivity contribution < 1.29 is 19.0 Å². The van der Waals surface area contributed by atoms with E-state index in [1.54, 1.807) is 31.6 Å².